The summed E-state index contributed by atoms with van der Waals surface area (Å²) in [6.07, 6.45) is 2.99. The van der Waals surface area contributed by atoms with Gasteiger partial charge in [0.15, 0.2) is 0 Å². The van der Waals surface area contributed by atoms with Crippen LogP contribution in [0.1, 0.15) is 33.6 Å². The normalized spacial score (nSPS) is 15.1. The quantitative estimate of drug-likeness (QED) is 0.611. The molecule has 0 radical (unpaired) electrons. The average Bonchev–Trinajstić information content (AvgIpc) is 1.95. The van der Waals surface area contributed by atoms with E-state index in [2.05, 4.69) is 51.6 Å². The molecule has 0 fully saturated rings. The second-order valence-electron chi connectivity index (χ2n) is 5.18. The van der Waals surface area contributed by atoms with Crippen LogP contribution in [0.15, 0.2) is 0 Å². The Labute approximate surface area is 94.6 Å². The molecule has 0 rings (SSSR count). The summed E-state index contributed by atoms with van der Waals surface area (Å²) in [6.45, 7) is 11.4. The fourth-order valence-electron chi connectivity index (χ4n) is 1.42. The molecule has 0 saturated heterocycles. The van der Waals surface area contributed by atoms with Gasteiger partial charge in [-0.05, 0) is 0 Å². The van der Waals surface area contributed by atoms with Crippen LogP contribution in [0.25, 0.3) is 0 Å². The van der Waals surface area contributed by atoms with E-state index in [9.17, 15) is 0 Å². The van der Waals surface area contributed by atoms with Gasteiger partial charge in [-0.2, -0.15) is 0 Å². The second kappa shape index (κ2) is 6.29. The first-order chi connectivity index (χ1) is 5.88. The summed E-state index contributed by atoms with van der Waals surface area (Å²) in [5.41, 5.74) is 0.312. The molecule has 0 aliphatic heterocycles. The van der Waals surface area contributed by atoms with Crippen LogP contribution in [0.3, 0.4) is 0 Å². The van der Waals surface area contributed by atoms with Crippen LogP contribution in [-0.4, -0.2) is 32.9 Å². The van der Waals surface area contributed by atoms with Gasteiger partial charge >= 0.3 is 94.5 Å². The molecule has 1 atom stereocenters. The van der Waals surface area contributed by atoms with Crippen LogP contribution in [0, 0.1) is 5.41 Å². The Balaban J connectivity index is 4.03. The summed E-state index contributed by atoms with van der Waals surface area (Å²) in [7, 11) is -0.871. The van der Waals surface area contributed by atoms with Gasteiger partial charge in [0, 0.05) is 0 Å². The van der Waals surface area contributed by atoms with E-state index < -0.39 is 9.04 Å². The van der Waals surface area contributed by atoms with Gasteiger partial charge in [0.2, 0.25) is 0 Å². The fourth-order valence-corrected chi connectivity index (χ4v) is 2.62. The van der Waals surface area contributed by atoms with Gasteiger partial charge in [-0.1, -0.05) is 0 Å². The molecule has 0 spiro atoms. The van der Waals surface area contributed by atoms with Gasteiger partial charge in [0.05, 0.1) is 0 Å². The Morgan fingerprint density at radius 1 is 1.31 bits per heavy atom. The fraction of sp³-hybridized carbons (Fsp3) is 1.00. The summed E-state index contributed by atoms with van der Waals surface area (Å²) in [6, 6.07) is 0. The minimum atomic E-state index is -0.871. The van der Waals surface area contributed by atoms with Gasteiger partial charge in [-0.25, -0.2) is 0 Å². The Bertz CT molecular complexity index is 131. The van der Waals surface area contributed by atoms with Crippen molar-refractivity contribution in [1.82, 2.24) is 0 Å². The Kier molecular flexibility index (Phi) is 6.67. The molecule has 0 aliphatic carbocycles. The van der Waals surface area contributed by atoms with E-state index in [1.807, 2.05) is 0 Å². The first-order valence-electron chi connectivity index (χ1n) is 5.53. The van der Waals surface area contributed by atoms with Crippen molar-refractivity contribution in [2.45, 2.75) is 57.9 Å². The Morgan fingerprint density at radius 3 is 2.15 bits per heavy atom. The van der Waals surface area contributed by atoms with E-state index in [0.29, 0.717) is 11.5 Å². The molecule has 0 N–H and O–H groups in total. The zero-order chi connectivity index (χ0) is 10.5. The van der Waals surface area contributed by atoms with Crippen LogP contribution < -0.4 is 0 Å². The van der Waals surface area contributed by atoms with Crippen molar-refractivity contribution in [3.8, 4) is 0 Å². The molecule has 0 heterocycles. The molecular weight excluding hydrogens is 171 g/mol. The monoisotopic (exact) mass is 194 g/mol. The molecule has 3 heteroatoms. The third-order valence-corrected chi connectivity index (χ3v) is 3.10. The minimum absolute atomic E-state index is 0.312. The molecule has 74 valence electrons. The number of hydrogen-bond acceptors (Lipinski definition) is 1. The molecule has 1 nitrogen and oxygen atoms in total. The maximum atomic E-state index is 6.06. The van der Waals surface area contributed by atoms with Gasteiger partial charge in [-0.15, -0.1) is 0 Å². The molecule has 0 aliphatic rings. The predicted octanol–water partition coefficient (Wildman–Crippen LogP) is 2.77. The van der Waals surface area contributed by atoms with Crippen molar-refractivity contribution in [1.29, 1.82) is 0 Å². The van der Waals surface area contributed by atoms with E-state index in [0.717, 1.165) is 0 Å². The molecule has 0 aromatic rings. The Hall–Kier alpha value is 0.774. The summed E-state index contributed by atoms with van der Waals surface area (Å²) in [5, 5.41) is 1.27. The van der Waals surface area contributed by atoms with E-state index in [1.54, 1.807) is 0 Å². The second-order valence-corrected chi connectivity index (χ2v) is 7.55. The number of rotatable bonds is 5. The summed E-state index contributed by atoms with van der Waals surface area (Å²) in [5.74, 6) is 0. The van der Waals surface area contributed by atoms with Crippen LogP contribution in [0.2, 0.25) is 18.2 Å². The van der Waals surface area contributed by atoms with E-state index >= 15 is 0 Å². The molecule has 0 aromatic heterocycles. The number of hydrogen-bond donors (Lipinski definition) is 0. The van der Waals surface area contributed by atoms with Crippen molar-refractivity contribution in [2.75, 3.05) is 0 Å². The SMILES string of the molecule is [Li][CH2]CCC(O[SiH](C)C)C(C)(C)C. The van der Waals surface area contributed by atoms with Gasteiger partial charge in [0.25, 0.3) is 0 Å². The first-order valence-corrected chi connectivity index (χ1v) is 8.31. The summed E-state index contributed by atoms with van der Waals surface area (Å²) >= 11 is 2.24. The van der Waals surface area contributed by atoms with Crippen molar-refractivity contribution < 1.29 is 4.43 Å². The maximum absolute atomic E-state index is 6.06. The standard InChI is InChI=1S/C10H23OSi.Li/c1-7-8-9(10(2,3)4)11-12(5)6;/h9,12H,1,7-8H2,2-6H3;. The molecule has 0 aromatic carbocycles. The zero-order valence-electron chi connectivity index (χ0n) is 10.2. The first kappa shape index (κ1) is 13.8. The molecule has 0 bridgehead atoms. The van der Waals surface area contributed by atoms with Crippen molar-refractivity contribution in [2.24, 2.45) is 5.41 Å². The van der Waals surface area contributed by atoms with Crippen LogP contribution in [0.5, 0.6) is 0 Å². The Morgan fingerprint density at radius 2 is 1.85 bits per heavy atom. The predicted molar refractivity (Wildman–Crippen MR) is 63.0 cm³/mol. The zero-order valence-corrected chi connectivity index (χ0v) is 11.3. The topological polar surface area (TPSA) is 9.23 Å². The van der Waals surface area contributed by atoms with Crippen molar-refractivity contribution in [3.05, 3.63) is 0 Å². The van der Waals surface area contributed by atoms with Crippen LogP contribution >= 0.6 is 0 Å². The van der Waals surface area contributed by atoms with E-state index in [-0.39, 0.29) is 0 Å². The average molecular weight is 194 g/mol. The molecular formula is C10H23LiOSi. The summed E-state index contributed by atoms with van der Waals surface area (Å²) < 4.78 is 6.06. The van der Waals surface area contributed by atoms with Gasteiger partial charge in [0.1, 0.15) is 0 Å². The van der Waals surface area contributed by atoms with Crippen LogP contribution in [-0.2, 0) is 4.43 Å². The third-order valence-electron chi connectivity index (χ3n) is 2.22. The van der Waals surface area contributed by atoms with Gasteiger partial charge < -0.3 is 0 Å². The molecule has 0 saturated carbocycles. The van der Waals surface area contributed by atoms with E-state index in [4.69, 9.17) is 4.43 Å². The summed E-state index contributed by atoms with van der Waals surface area (Å²) in [4.78, 5) is 0. The van der Waals surface area contributed by atoms with E-state index in [1.165, 1.54) is 17.9 Å². The molecule has 1 unspecified atom stereocenters. The van der Waals surface area contributed by atoms with Crippen molar-refractivity contribution in [3.63, 3.8) is 0 Å². The molecule has 13 heavy (non-hydrogen) atoms. The van der Waals surface area contributed by atoms with Crippen molar-refractivity contribution >= 4 is 26.8 Å². The van der Waals surface area contributed by atoms with Gasteiger partial charge in [-0.3, -0.25) is 0 Å². The molecule has 0 amide bonds. The van der Waals surface area contributed by atoms with Crippen LogP contribution in [0.4, 0.5) is 0 Å². The third kappa shape index (κ3) is 6.79.